The highest BCUT2D eigenvalue weighted by Gasteiger charge is 2.54. The maximum Gasteiger partial charge on any atom is 0.328 e. The van der Waals surface area contributed by atoms with Gasteiger partial charge in [-0.2, -0.15) is 0 Å². The van der Waals surface area contributed by atoms with Crippen molar-refractivity contribution in [3.63, 3.8) is 0 Å². The van der Waals surface area contributed by atoms with E-state index in [1.807, 2.05) is 4.90 Å². The minimum Gasteiger partial charge on any atom is -0.325 e. The van der Waals surface area contributed by atoms with Crippen molar-refractivity contribution in [2.45, 2.75) is 33.0 Å². The van der Waals surface area contributed by atoms with Crippen molar-refractivity contribution < 1.29 is 14.4 Å². The van der Waals surface area contributed by atoms with E-state index in [4.69, 9.17) is 4.99 Å². The van der Waals surface area contributed by atoms with Gasteiger partial charge in [0.05, 0.1) is 6.54 Å². The summed E-state index contributed by atoms with van der Waals surface area (Å²) in [6.07, 6.45) is -0.559. The summed E-state index contributed by atoms with van der Waals surface area (Å²) >= 11 is 0. The Morgan fingerprint density at radius 1 is 1.22 bits per heavy atom. The first kappa shape index (κ1) is 17.5. The van der Waals surface area contributed by atoms with Crippen LogP contribution in [0.2, 0.25) is 0 Å². The van der Waals surface area contributed by atoms with Gasteiger partial charge >= 0.3 is 6.03 Å². The van der Waals surface area contributed by atoms with Gasteiger partial charge in [-0.05, 0) is 32.4 Å². The number of benzene rings is 1. The number of imide groups is 1. The molecule has 0 saturated carbocycles. The number of rotatable bonds is 3. The Hall–Kier alpha value is -2.90. The minimum atomic E-state index is -0.571. The summed E-state index contributed by atoms with van der Waals surface area (Å²) in [7, 11) is 1.63. The zero-order chi connectivity index (χ0) is 19.5. The summed E-state index contributed by atoms with van der Waals surface area (Å²) < 4.78 is 0. The van der Waals surface area contributed by atoms with Gasteiger partial charge in [0.25, 0.3) is 5.91 Å². The van der Waals surface area contributed by atoms with Gasteiger partial charge in [-0.15, -0.1) is 0 Å². The number of hydrogen-bond donors (Lipinski definition) is 0. The number of carbonyl (C=O) groups excluding carboxylic acids is 3. The molecule has 2 atom stereocenters. The molecule has 142 valence electrons. The lowest BCUT2D eigenvalue weighted by Gasteiger charge is -2.40. The highest BCUT2D eigenvalue weighted by atomic mass is 16.2. The van der Waals surface area contributed by atoms with Crippen LogP contribution in [0.15, 0.2) is 23.2 Å². The van der Waals surface area contributed by atoms with E-state index in [9.17, 15) is 14.4 Å². The van der Waals surface area contributed by atoms with E-state index in [0.29, 0.717) is 6.54 Å². The van der Waals surface area contributed by atoms with Crippen molar-refractivity contribution in [1.82, 2.24) is 14.7 Å². The van der Waals surface area contributed by atoms with E-state index in [1.165, 1.54) is 17.4 Å². The molecule has 3 aliphatic heterocycles. The summed E-state index contributed by atoms with van der Waals surface area (Å²) in [5, 5.41) is 0. The van der Waals surface area contributed by atoms with Gasteiger partial charge in [-0.3, -0.25) is 14.5 Å². The van der Waals surface area contributed by atoms with Gasteiger partial charge in [0.1, 0.15) is 5.78 Å². The van der Waals surface area contributed by atoms with Gasteiger partial charge in [-0.25, -0.2) is 9.79 Å². The van der Waals surface area contributed by atoms with E-state index in [0.717, 1.165) is 28.7 Å². The first-order valence-corrected chi connectivity index (χ1v) is 9.06. The Labute approximate surface area is 158 Å². The maximum absolute atomic E-state index is 13.0. The second-order valence-electron chi connectivity index (χ2n) is 7.44. The predicted molar refractivity (Wildman–Crippen MR) is 101 cm³/mol. The number of likely N-dealkylation sites (N-methyl/N-ethyl adjacent to an activating group) is 1. The highest BCUT2D eigenvalue weighted by molar-refractivity contribution is 6.09. The number of Topliss-reactive ketones (excluding diaryl/α,β-unsaturated/α-hetero) is 1. The fourth-order valence-corrected chi connectivity index (χ4v) is 4.14. The molecule has 0 spiro atoms. The predicted octanol–water partition coefficient (Wildman–Crippen LogP) is 0.973. The van der Waals surface area contributed by atoms with Crippen LogP contribution in [0.25, 0.3) is 0 Å². The number of guanidine groups is 1. The zero-order valence-corrected chi connectivity index (χ0v) is 16.0. The van der Waals surface area contributed by atoms with Crippen LogP contribution in [0.1, 0.15) is 18.1 Å². The third kappa shape index (κ3) is 2.58. The largest absolute Gasteiger partial charge is 0.328 e. The van der Waals surface area contributed by atoms with E-state index in [2.05, 4.69) is 36.9 Å². The highest BCUT2D eigenvalue weighted by Crippen LogP contribution is 2.34. The lowest BCUT2D eigenvalue weighted by molar-refractivity contribution is -0.139. The summed E-state index contributed by atoms with van der Waals surface area (Å²) in [5.41, 5.74) is 3.39. The smallest absolute Gasteiger partial charge is 0.325 e. The Kier molecular flexibility index (Phi) is 3.94. The van der Waals surface area contributed by atoms with Crippen LogP contribution in [0.3, 0.4) is 0 Å². The Morgan fingerprint density at radius 3 is 2.63 bits per heavy atom. The normalized spacial score (nSPS) is 24.4. The molecule has 2 saturated heterocycles. The van der Waals surface area contributed by atoms with Gasteiger partial charge in [0, 0.05) is 25.8 Å². The van der Waals surface area contributed by atoms with E-state index in [1.54, 1.807) is 7.05 Å². The quantitative estimate of drug-likeness (QED) is 0.794. The number of amides is 3. The molecule has 1 aromatic carbocycles. The fourth-order valence-electron chi connectivity index (χ4n) is 4.14. The van der Waals surface area contributed by atoms with Gasteiger partial charge in [0.2, 0.25) is 5.96 Å². The molecular formula is C19H23N5O3. The first-order chi connectivity index (χ1) is 12.8. The van der Waals surface area contributed by atoms with Gasteiger partial charge < -0.3 is 14.7 Å². The van der Waals surface area contributed by atoms with Gasteiger partial charge in [-0.1, -0.05) is 17.7 Å². The molecule has 0 bridgehead atoms. The Balaban J connectivity index is 1.68. The number of fused-ring (bicyclic) bond motifs is 3. The second-order valence-corrected chi connectivity index (χ2v) is 7.44. The van der Waals surface area contributed by atoms with Crippen molar-refractivity contribution in [3.05, 3.63) is 29.3 Å². The number of aliphatic imine (C=N–C) groups is 1. The van der Waals surface area contributed by atoms with E-state index in [-0.39, 0.29) is 18.2 Å². The molecule has 0 aliphatic carbocycles. The molecule has 0 radical (unpaired) electrons. The zero-order valence-electron chi connectivity index (χ0n) is 16.0. The molecule has 2 fully saturated rings. The fraction of sp³-hybridized carbons (Fsp3) is 0.474. The molecule has 4 rings (SSSR count). The van der Waals surface area contributed by atoms with Crippen molar-refractivity contribution in [2.75, 3.05) is 31.6 Å². The van der Waals surface area contributed by atoms with Crippen LogP contribution in [-0.4, -0.2) is 77.3 Å². The van der Waals surface area contributed by atoms with Crippen LogP contribution in [0, 0.1) is 13.8 Å². The molecular weight excluding hydrogens is 346 g/mol. The van der Waals surface area contributed by atoms with Crippen molar-refractivity contribution in [3.8, 4) is 0 Å². The SMILES string of the molecule is CC(=O)CN1C(=O)C2C(N=C3N(c4ccc(C)cc4C)CCN32)N(C)C1=O. The summed E-state index contributed by atoms with van der Waals surface area (Å²) in [6.45, 7) is 6.66. The third-order valence-electron chi connectivity index (χ3n) is 5.40. The van der Waals surface area contributed by atoms with Gasteiger partial charge in [0.15, 0.2) is 12.2 Å². The molecule has 0 aromatic heterocycles. The van der Waals surface area contributed by atoms with Crippen molar-refractivity contribution in [1.29, 1.82) is 0 Å². The number of urea groups is 1. The van der Waals surface area contributed by atoms with Crippen molar-refractivity contribution in [2.24, 2.45) is 4.99 Å². The van der Waals surface area contributed by atoms with Crippen molar-refractivity contribution >= 4 is 29.4 Å². The molecule has 27 heavy (non-hydrogen) atoms. The number of aryl methyl sites for hydroxylation is 2. The molecule has 8 heteroatoms. The average molecular weight is 369 g/mol. The van der Waals surface area contributed by atoms with Crippen LogP contribution >= 0.6 is 0 Å². The summed E-state index contributed by atoms with van der Waals surface area (Å²) in [5.74, 6) is 0.148. The maximum atomic E-state index is 13.0. The molecule has 0 N–H and O–H groups in total. The molecule has 2 unspecified atom stereocenters. The Bertz CT molecular complexity index is 880. The molecule has 3 amide bonds. The number of hydrogen-bond acceptors (Lipinski definition) is 6. The average Bonchev–Trinajstić information content (AvgIpc) is 3.16. The van der Waals surface area contributed by atoms with Crippen LogP contribution in [0.4, 0.5) is 10.5 Å². The van der Waals surface area contributed by atoms with E-state index >= 15 is 0 Å². The third-order valence-corrected chi connectivity index (χ3v) is 5.40. The lowest BCUT2D eigenvalue weighted by atomic mass is 10.1. The van der Waals surface area contributed by atoms with Crippen LogP contribution in [0.5, 0.6) is 0 Å². The van der Waals surface area contributed by atoms with Crippen LogP contribution in [-0.2, 0) is 9.59 Å². The summed E-state index contributed by atoms with van der Waals surface area (Å²) in [4.78, 5) is 48.4. The number of anilines is 1. The van der Waals surface area contributed by atoms with E-state index < -0.39 is 18.2 Å². The second kappa shape index (κ2) is 6.07. The topological polar surface area (TPSA) is 76.5 Å². The molecule has 3 aliphatic rings. The van der Waals surface area contributed by atoms with Crippen LogP contribution < -0.4 is 4.90 Å². The molecule has 1 aromatic rings. The molecule has 3 heterocycles. The summed E-state index contributed by atoms with van der Waals surface area (Å²) in [6, 6.07) is 5.20. The number of nitrogens with zero attached hydrogens (tertiary/aromatic N) is 5. The first-order valence-electron chi connectivity index (χ1n) is 9.06. The standard InChI is InChI=1S/C19H23N5O3/c1-11-5-6-14(12(2)9-11)22-7-8-23-15-16(20-18(22)23)21(4)19(27)24(17(15)26)10-13(3)25/h5-6,9,15-16H,7-8,10H2,1-4H3. The molecule has 8 nitrogen and oxygen atoms in total. The number of carbonyl (C=O) groups is 3. The lowest BCUT2D eigenvalue weighted by Crippen LogP contribution is -2.65. The minimum absolute atomic E-state index is 0.199. The monoisotopic (exact) mass is 369 g/mol. The number of ketones is 1. The Morgan fingerprint density at radius 2 is 1.96 bits per heavy atom.